The van der Waals surface area contributed by atoms with Crippen molar-refractivity contribution in [3.8, 4) is 0 Å². The van der Waals surface area contributed by atoms with Gasteiger partial charge in [-0.15, -0.1) is 0 Å². The van der Waals surface area contributed by atoms with E-state index in [4.69, 9.17) is 5.73 Å². The topological polar surface area (TPSA) is 84.6 Å². The molecule has 3 N–H and O–H groups in total. The maximum Gasteiger partial charge on any atom is 0.160 e. The van der Waals surface area contributed by atoms with Gasteiger partial charge in [0.2, 0.25) is 0 Å². The highest BCUT2D eigenvalue weighted by atomic mass is 19.1. The van der Waals surface area contributed by atoms with Gasteiger partial charge in [0.25, 0.3) is 0 Å². The Hall–Kier alpha value is -3.38. The molecular formula is C31H40FN3O2. The molecule has 37 heavy (non-hydrogen) atoms. The smallest absolute Gasteiger partial charge is 0.160 e. The van der Waals surface area contributed by atoms with E-state index in [-0.39, 0.29) is 22.8 Å². The summed E-state index contributed by atoms with van der Waals surface area (Å²) in [5.41, 5.74) is 10.4. The fourth-order valence-corrected chi connectivity index (χ4v) is 3.65. The quantitative estimate of drug-likeness (QED) is 0.255. The number of aliphatic imine (C=N–C) groups is 1. The molecule has 2 aliphatic rings. The first-order valence-corrected chi connectivity index (χ1v) is 12.8. The molecule has 2 saturated carbocycles. The number of nitrogens with zero attached hydrogens (tertiary/aromatic N) is 1. The molecule has 0 bridgehead atoms. The number of rotatable bonds is 8. The van der Waals surface area contributed by atoms with E-state index in [1.54, 1.807) is 25.3 Å². The molecule has 2 fully saturated rings. The fourth-order valence-electron chi connectivity index (χ4n) is 3.65. The van der Waals surface area contributed by atoms with Crippen LogP contribution in [0.1, 0.15) is 80.4 Å². The summed E-state index contributed by atoms with van der Waals surface area (Å²) in [4.78, 5) is 25.5. The van der Waals surface area contributed by atoms with Crippen molar-refractivity contribution < 1.29 is 14.0 Å². The second-order valence-corrected chi connectivity index (χ2v) is 9.77. The molecule has 0 atom stereocenters. The van der Waals surface area contributed by atoms with Crippen LogP contribution in [0.2, 0.25) is 0 Å². The lowest BCUT2D eigenvalue weighted by molar-refractivity contribution is -0.112. The Kier molecular flexibility index (Phi) is 11.6. The number of carbonyl (C=O) groups is 2. The van der Waals surface area contributed by atoms with Crippen LogP contribution in [-0.2, 0) is 16.8 Å². The SMILES string of the molecule is C/C=C\C(C)=O.CC1(c2cc(F)cc(/C(C=NC3CC3)=C/N)c2)CC1.CNCc1ccccc1C(C)=O. The number of ketones is 2. The third-order valence-corrected chi connectivity index (χ3v) is 6.24. The number of Topliss-reactive ketones (excluding diaryl/α,β-unsaturated/α-hetero) is 1. The van der Waals surface area contributed by atoms with Crippen molar-refractivity contribution in [1.29, 1.82) is 0 Å². The van der Waals surface area contributed by atoms with E-state index in [0.29, 0.717) is 6.04 Å². The van der Waals surface area contributed by atoms with E-state index < -0.39 is 0 Å². The van der Waals surface area contributed by atoms with Crippen molar-refractivity contribution >= 4 is 23.4 Å². The summed E-state index contributed by atoms with van der Waals surface area (Å²) in [5.74, 6) is 0.0400. The summed E-state index contributed by atoms with van der Waals surface area (Å²) in [5, 5.41) is 3.03. The second kappa shape index (κ2) is 14.4. The Balaban J connectivity index is 0.000000229. The van der Waals surface area contributed by atoms with Crippen molar-refractivity contribution in [1.82, 2.24) is 5.32 Å². The molecule has 0 heterocycles. The number of nitrogens with one attached hydrogen (secondary N) is 1. The van der Waals surface area contributed by atoms with Crippen LogP contribution in [0.15, 0.2) is 65.8 Å². The number of hydrogen-bond acceptors (Lipinski definition) is 5. The average Bonchev–Trinajstić information content (AvgIpc) is 3.79. The minimum absolute atomic E-state index is 0.109. The Morgan fingerprint density at radius 2 is 1.84 bits per heavy atom. The van der Waals surface area contributed by atoms with Gasteiger partial charge >= 0.3 is 0 Å². The van der Waals surface area contributed by atoms with Gasteiger partial charge in [-0.2, -0.15) is 0 Å². The third-order valence-electron chi connectivity index (χ3n) is 6.24. The van der Waals surface area contributed by atoms with E-state index in [1.807, 2.05) is 44.3 Å². The zero-order chi connectivity index (χ0) is 27.4. The lowest BCUT2D eigenvalue weighted by Crippen LogP contribution is -2.09. The average molecular weight is 506 g/mol. The molecule has 0 saturated heterocycles. The van der Waals surface area contributed by atoms with Crippen LogP contribution in [-0.4, -0.2) is 30.9 Å². The largest absolute Gasteiger partial charge is 0.404 e. The minimum Gasteiger partial charge on any atom is -0.404 e. The fraction of sp³-hybridized carbons (Fsp3) is 0.387. The monoisotopic (exact) mass is 505 g/mol. The molecule has 0 amide bonds. The van der Waals surface area contributed by atoms with E-state index >= 15 is 0 Å². The third kappa shape index (κ3) is 10.3. The van der Waals surface area contributed by atoms with E-state index in [0.717, 1.165) is 60.1 Å². The van der Waals surface area contributed by atoms with Gasteiger partial charge in [-0.25, -0.2) is 4.39 Å². The normalized spacial score (nSPS) is 16.0. The summed E-state index contributed by atoms with van der Waals surface area (Å²) in [6.45, 7) is 7.86. The first-order valence-electron chi connectivity index (χ1n) is 12.8. The lowest BCUT2D eigenvalue weighted by Gasteiger charge is -2.11. The molecule has 0 aliphatic heterocycles. The van der Waals surface area contributed by atoms with E-state index in [9.17, 15) is 14.0 Å². The molecule has 2 aliphatic carbocycles. The number of benzene rings is 2. The zero-order valence-corrected chi connectivity index (χ0v) is 22.7. The van der Waals surface area contributed by atoms with Gasteiger partial charge in [-0.3, -0.25) is 14.6 Å². The molecule has 0 aromatic heterocycles. The highest BCUT2D eigenvalue weighted by molar-refractivity contribution is 6.09. The summed E-state index contributed by atoms with van der Waals surface area (Å²) in [7, 11) is 1.87. The van der Waals surface area contributed by atoms with Crippen LogP contribution in [0.4, 0.5) is 4.39 Å². The molecule has 0 radical (unpaired) electrons. The molecule has 2 aromatic carbocycles. The molecule has 0 unspecified atom stereocenters. The number of allylic oxidation sites excluding steroid dienone is 3. The predicted octanol–water partition coefficient (Wildman–Crippen LogP) is 6.17. The summed E-state index contributed by atoms with van der Waals surface area (Å²) in [6, 6.07) is 13.3. The van der Waals surface area contributed by atoms with Gasteiger partial charge in [-0.05, 0) is 93.8 Å². The number of halogens is 1. The van der Waals surface area contributed by atoms with Crippen LogP contribution in [0, 0.1) is 5.82 Å². The van der Waals surface area contributed by atoms with Gasteiger partial charge in [0.05, 0.1) is 6.04 Å². The van der Waals surface area contributed by atoms with E-state index in [1.165, 1.54) is 25.3 Å². The predicted molar refractivity (Wildman–Crippen MR) is 151 cm³/mol. The molecule has 4 rings (SSSR count). The Labute approximate surface area is 220 Å². The Morgan fingerprint density at radius 3 is 2.32 bits per heavy atom. The lowest BCUT2D eigenvalue weighted by atomic mass is 9.94. The van der Waals surface area contributed by atoms with Crippen molar-refractivity contribution in [2.75, 3.05) is 7.05 Å². The maximum atomic E-state index is 13.8. The Bertz CT molecular complexity index is 1160. The van der Waals surface area contributed by atoms with Crippen molar-refractivity contribution in [2.45, 2.75) is 71.4 Å². The molecule has 5 nitrogen and oxygen atoms in total. The van der Waals surface area contributed by atoms with Crippen molar-refractivity contribution in [3.05, 3.63) is 88.9 Å². The molecule has 6 heteroatoms. The molecular weight excluding hydrogens is 465 g/mol. The van der Waals surface area contributed by atoms with Crippen LogP contribution < -0.4 is 11.1 Å². The van der Waals surface area contributed by atoms with Gasteiger partial charge in [0, 0.05) is 30.1 Å². The summed E-state index contributed by atoms with van der Waals surface area (Å²) in [6.07, 6.45) is 11.1. The van der Waals surface area contributed by atoms with Crippen LogP contribution in [0.5, 0.6) is 0 Å². The highest BCUT2D eigenvalue weighted by Crippen LogP contribution is 2.48. The molecule has 198 valence electrons. The number of carbonyl (C=O) groups excluding carboxylic acids is 2. The summed E-state index contributed by atoms with van der Waals surface area (Å²) >= 11 is 0. The minimum atomic E-state index is -0.195. The number of hydrogen-bond donors (Lipinski definition) is 2. The van der Waals surface area contributed by atoms with Crippen LogP contribution >= 0.6 is 0 Å². The van der Waals surface area contributed by atoms with Gasteiger partial charge in [-0.1, -0.05) is 43.3 Å². The zero-order valence-electron chi connectivity index (χ0n) is 22.7. The van der Waals surface area contributed by atoms with E-state index in [2.05, 4.69) is 17.2 Å². The maximum absolute atomic E-state index is 13.8. The first-order chi connectivity index (χ1) is 17.6. The second-order valence-electron chi connectivity index (χ2n) is 9.77. The summed E-state index contributed by atoms with van der Waals surface area (Å²) < 4.78 is 13.8. The van der Waals surface area contributed by atoms with Crippen molar-refractivity contribution in [3.63, 3.8) is 0 Å². The van der Waals surface area contributed by atoms with Crippen LogP contribution in [0.3, 0.4) is 0 Å². The Morgan fingerprint density at radius 1 is 1.16 bits per heavy atom. The molecule has 2 aromatic rings. The molecule has 0 spiro atoms. The van der Waals surface area contributed by atoms with Gasteiger partial charge < -0.3 is 11.1 Å². The van der Waals surface area contributed by atoms with Gasteiger partial charge in [0.15, 0.2) is 11.6 Å². The van der Waals surface area contributed by atoms with Gasteiger partial charge in [0.1, 0.15) is 5.82 Å². The van der Waals surface area contributed by atoms with Crippen molar-refractivity contribution in [2.24, 2.45) is 10.7 Å². The first kappa shape index (κ1) is 29.8. The van der Waals surface area contributed by atoms with Crippen LogP contribution in [0.25, 0.3) is 5.57 Å². The number of nitrogens with two attached hydrogens (primary N) is 1. The standard InChI is InChI=1S/C16H19FN2.C10H13NO.C5H8O/c1-16(4-5-16)13-6-11(7-14(17)8-13)12(9-18)10-19-15-2-3-15;1-8(12)10-6-4-3-5-9(10)7-11-2;1-3-4-5(2)6/h6-10,15H,2-5,18H2,1H3;3-6,11H,7H2,1-2H3;3-4H,1-2H3/b12-9+,19-10?;;4-3-. The highest BCUT2D eigenvalue weighted by Gasteiger charge is 2.39.